The quantitative estimate of drug-likeness (QED) is 0.588. The van der Waals surface area contributed by atoms with E-state index < -0.39 is 5.97 Å². The van der Waals surface area contributed by atoms with Crippen LogP contribution in [-0.4, -0.2) is 37.4 Å². The zero-order valence-corrected chi connectivity index (χ0v) is 14.2. The highest BCUT2D eigenvalue weighted by atomic mass is 16.6. The number of hydrogen-bond donors (Lipinski definition) is 1. The number of fused-ring (bicyclic) bond motifs is 1. The predicted octanol–water partition coefficient (Wildman–Crippen LogP) is 1.72. The van der Waals surface area contributed by atoms with E-state index in [0.717, 1.165) is 23.9 Å². The molecule has 6 heteroatoms. The molecule has 0 atom stereocenters. The van der Waals surface area contributed by atoms with Crippen molar-refractivity contribution in [2.45, 2.75) is 26.3 Å². The van der Waals surface area contributed by atoms with E-state index in [-0.39, 0.29) is 17.6 Å². The second kappa shape index (κ2) is 8.61. The maximum atomic E-state index is 12.7. The van der Waals surface area contributed by atoms with Crippen LogP contribution in [0, 0.1) is 0 Å². The van der Waals surface area contributed by atoms with Gasteiger partial charge in [-0.2, -0.15) is 0 Å². The molecule has 0 saturated heterocycles. The third-order valence-corrected chi connectivity index (χ3v) is 3.90. The zero-order valence-electron chi connectivity index (χ0n) is 14.2. The van der Waals surface area contributed by atoms with E-state index in [4.69, 9.17) is 15.2 Å². The van der Waals surface area contributed by atoms with Crippen molar-refractivity contribution in [3.8, 4) is 0 Å². The van der Waals surface area contributed by atoms with Gasteiger partial charge in [-0.25, -0.2) is 4.79 Å². The molecule has 0 radical (unpaired) electrons. The maximum Gasteiger partial charge on any atom is 0.343 e. The summed E-state index contributed by atoms with van der Waals surface area (Å²) < 4.78 is 11.8. The lowest BCUT2D eigenvalue weighted by molar-refractivity contribution is 0.0386. The van der Waals surface area contributed by atoms with E-state index >= 15 is 0 Å². The molecule has 24 heavy (non-hydrogen) atoms. The second-order valence-corrected chi connectivity index (χ2v) is 5.53. The average molecular weight is 332 g/mol. The number of carbonyl (C=O) groups is 1. The van der Waals surface area contributed by atoms with E-state index in [1.807, 2.05) is 29.7 Å². The molecular weight excluding hydrogens is 308 g/mol. The monoisotopic (exact) mass is 332 g/mol. The van der Waals surface area contributed by atoms with E-state index in [9.17, 15) is 9.59 Å². The van der Waals surface area contributed by atoms with Gasteiger partial charge in [0.15, 0.2) is 0 Å². The molecule has 2 aromatic rings. The first-order valence-electron chi connectivity index (χ1n) is 8.14. The number of aryl methyl sites for hydroxylation is 2. The van der Waals surface area contributed by atoms with Crippen molar-refractivity contribution in [2.24, 2.45) is 5.73 Å². The van der Waals surface area contributed by atoms with E-state index in [1.165, 1.54) is 7.11 Å². The molecule has 2 rings (SSSR count). The number of nitrogens with zero attached hydrogens (tertiary/aromatic N) is 1. The Morgan fingerprint density at radius 2 is 2.08 bits per heavy atom. The Kier molecular flexibility index (Phi) is 6.52. The number of pyridine rings is 1. The van der Waals surface area contributed by atoms with Crippen LogP contribution in [0.3, 0.4) is 0 Å². The van der Waals surface area contributed by atoms with Gasteiger partial charge in [0.25, 0.3) is 0 Å². The van der Waals surface area contributed by atoms with Crippen LogP contribution in [0.1, 0.15) is 29.3 Å². The largest absolute Gasteiger partial charge is 0.460 e. The molecule has 0 spiro atoms. The van der Waals surface area contributed by atoms with Gasteiger partial charge in [-0.3, -0.25) is 4.79 Å². The molecule has 0 amide bonds. The Bertz CT molecular complexity index is 767. The Balaban J connectivity index is 2.46. The molecule has 130 valence electrons. The van der Waals surface area contributed by atoms with Crippen LogP contribution in [0.4, 0.5) is 0 Å². The lowest BCUT2D eigenvalue weighted by atomic mass is 10.0. The molecule has 0 unspecified atom stereocenters. The molecule has 0 aliphatic rings. The van der Waals surface area contributed by atoms with Gasteiger partial charge in [0.2, 0.25) is 5.43 Å². The lowest BCUT2D eigenvalue weighted by Gasteiger charge is -2.12. The van der Waals surface area contributed by atoms with Crippen molar-refractivity contribution >= 4 is 16.9 Å². The number of rotatable bonds is 8. The Labute approximate surface area is 141 Å². The first-order chi connectivity index (χ1) is 11.6. The molecule has 0 aliphatic heterocycles. The minimum atomic E-state index is -0.617. The van der Waals surface area contributed by atoms with Gasteiger partial charge in [0.1, 0.15) is 12.2 Å². The summed E-state index contributed by atoms with van der Waals surface area (Å²) in [5, 5.41) is 0.535. The van der Waals surface area contributed by atoms with Crippen molar-refractivity contribution in [1.82, 2.24) is 4.57 Å². The summed E-state index contributed by atoms with van der Waals surface area (Å²) in [6.07, 6.45) is 3.23. The van der Waals surface area contributed by atoms with E-state index in [1.54, 1.807) is 6.20 Å². The van der Waals surface area contributed by atoms with Crippen LogP contribution in [0.2, 0.25) is 0 Å². The molecule has 0 aliphatic carbocycles. The topological polar surface area (TPSA) is 83.5 Å². The normalized spacial score (nSPS) is 11.0. The summed E-state index contributed by atoms with van der Waals surface area (Å²) in [7, 11) is 1.52. The van der Waals surface area contributed by atoms with Crippen molar-refractivity contribution in [1.29, 1.82) is 0 Å². The van der Waals surface area contributed by atoms with Crippen LogP contribution in [0.15, 0.2) is 29.2 Å². The SMILES string of the molecule is CCn1cc(C(=O)OCCOC)c(=O)c2cc(CCCN)ccc21. The fourth-order valence-electron chi connectivity index (χ4n) is 2.61. The number of aromatic nitrogens is 1. The third-order valence-electron chi connectivity index (χ3n) is 3.90. The molecule has 1 aromatic heterocycles. The average Bonchev–Trinajstić information content (AvgIpc) is 2.60. The molecule has 0 fully saturated rings. The van der Waals surface area contributed by atoms with Crippen LogP contribution >= 0.6 is 0 Å². The van der Waals surface area contributed by atoms with Crippen molar-refractivity contribution < 1.29 is 14.3 Å². The van der Waals surface area contributed by atoms with Gasteiger partial charge in [-0.1, -0.05) is 6.07 Å². The van der Waals surface area contributed by atoms with Gasteiger partial charge in [-0.05, 0) is 44.0 Å². The molecular formula is C18H24N2O4. The number of nitrogens with two attached hydrogens (primary N) is 1. The number of ether oxygens (including phenoxy) is 2. The molecule has 1 aromatic carbocycles. The Morgan fingerprint density at radius 3 is 2.75 bits per heavy atom. The van der Waals surface area contributed by atoms with Gasteiger partial charge < -0.3 is 19.8 Å². The highest BCUT2D eigenvalue weighted by Crippen LogP contribution is 2.16. The van der Waals surface area contributed by atoms with E-state index in [0.29, 0.717) is 25.1 Å². The minimum absolute atomic E-state index is 0.0522. The third kappa shape index (κ3) is 4.01. The molecule has 0 saturated carbocycles. The van der Waals surface area contributed by atoms with Gasteiger partial charge >= 0.3 is 5.97 Å². The summed E-state index contributed by atoms with van der Waals surface area (Å²) in [6.45, 7) is 3.63. The minimum Gasteiger partial charge on any atom is -0.460 e. The second-order valence-electron chi connectivity index (χ2n) is 5.53. The van der Waals surface area contributed by atoms with Crippen LogP contribution < -0.4 is 11.2 Å². The van der Waals surface area contributed by atoms with Crippen LogP contribution in [0.5, 0.6) is 0 Å². The zero-order chi connectivity index (χ0) is 17.5. The molecule has 6 nitrogen and oxygen atoms in total. The lowest BCUT2D eigenvalue weighted by Crippen LogP contribution is -2.22. The number of hydrogen-bond acceptors (Lipinski definition) is 5. The highest BCUT2D eigenvalue weighted by molar-refractivity contribution is 5.93. The number of benzene rings is 1. The standard InChI is InChI=1S/C18H24N2O4/c1-3-20-12-15(18(22)24-10-9-23-2)17(21)14-11-13(5-4-8-19)6-7-16(14)20/h6-7,11-12H,3-5,8-10,19H2,1-2H3. The summed E-state index contributed by atoms with van der Waals surface area (Å²) in [5.74, 6) is -0.617. The summed E-state index contributed by atoms with van der Waals surface area (Å²) >= 11 is 0. The van der Waals surface area contributed by atoms with Gasteiger partial charge in [0, 0.05) is 25.2 Å². The Morgan fingerprint density at radius 1 is 1.29 bits per heavy atom. The first kappa shape index (κ1) is 18.2. The number of carbonyl (C=O) groups excluding carboxylic acids is 1. The van der Waals surface area contributed by atoms with Crippen molar-refractivity contribution in [3.63, 3.8) is 0 Å². The maximum absolute atomic E-state index is 12.7. The molecule has 0 bridgehead atoms. The predicted molar refractivity (Wildman–Crippen MR) is 93.4 cm³/mol. The number of methoxy groups -OCH3 is 1. The Hall–Kier alpha value is -2.18. The van der Waals surface area contributed by atoms with Gasteiger partial charge in [-0.15, -0.1) is 0 Å². The first-order valence-corrected chi connectivity index (χ1v) is 8.14. The molecule has 2 N–H and O–H groups in total. The van der Waals surface area contributed by atoms with Crippen LogP contribution in [0.25, 0.3) is 10.9 Å². The number of esters is 1. The summed E-state index contributed by atoms with van der Waals surface area (Å²) in [5.41, 5.74) is 7.15. The van der Waals surface area contributed by atoms with Crippen LogP contribution in [-0.2, 0) is 22.4 Å². The van der Waals surface area contributed by atoms with Crippen molar-refractivity contribution in [2.75, 3.05) is 26.9 Å². The highest BCUT2D eigenvalue weighted by Gasteiger charge is 2.16. The smallest absolute Gasteiger partial charge is 0.343 e. The summed E-state index contributed by atoms with van der Waals surface area (Å²) in [4.78, 5) is 24.9. The fraction of sp³-hybridized carbons (Fsp3) is 0.444. The summed E-state index contributed by atoms with van der Waals surface area (Å²) in [6, 6.07) is 5.78. The van der Waals surface area contributed by atoms with Gasteiger partial charge in [0.05, 0.1) is 12.1 Å². The van der Waals surface area contributed by atoms with Crippen molar-refractivity contribution in [3.05, 3.63) is 45.7 Å². The molecule has 1 heterocycles. The van der Waals surface area contributed by atoms with E-state index in [2.05, 4.69) is 0 Å². The fourth-order valence-corrected chi connectivity index (χ4v) is 2.61.